The minimum atomic E-state index is -0.844. The molecule has 0 fully saturated rings. The lowest BCUT2D eigenvalue weighted by Crippen LogP contribution is -2.45. The molecule has 1 amide bonds. The second kappa shape index (κ2) is 72.8. The SMILES string of the molecule is CCCCCCCCC/C=C\CCCCCCCC(=O)OCCCCCCCCCCCCCCCCCCCCCCCCCCCCCC(=O)NC(CO)C(O)/C=C/CCCCCCCCCCCCCCCCCCCCCCC. The third kappa shape index (κ3) is 69.3. The molecular formula is C77H149NO5. The molecule has 0 rings (SSSR count). The van der Waals surface area contributed by atoms with E-state index < -0.39 is 12.1 Å². The van der Waals surface area contributed by atoms with Crippen molar-refractivity contribution < 1.29 is 24.5 Å². The van der Waals surface area contributed by atoms with Gasteiger partial charge in [0.15, 0.2) is 0 Å². The van der Waals surface area contributed by atoms with Crippen LogP contribution in [0.5, 0.6) is 0 Å². The topological polar surface area (TPSA) is 95.9 Å². The van der Waals surface area contributed by atoms with Gasteiger partial charge in [0.1, 0.15) is 0 Å². The monoisotopic (exact) mass is 1170 g/mol. The summed E-state index contributed by atoms with van der Waals surface area (Å²) in [6.07, 6.45) is 92.8. The Kier molecular flexibility index (Phi) is 71.4. The molecule has 0 heterocycles. The van der Waals surface area contributed by atoms with Crippen LogP contribution < -0.4 is 5.32 Å². The van der Waals surface area contributed by atoms with Crippen LogP contribution in [0.4, 0.5) is 0 Å². The number of esters is 1. The van der Waals surface area contributed by atoms with Gasteiger partial charge >= 0.3 is 5.97 Å². The van der Waals surface area contributed by atoms with Crippen molar-refractivity contribution in [3.05, 3.63) is 24.3 Å². The molecule has 0 aliphatic carbocycles. The van der Waals surface area contributed by atoms with Crippen molar-refractivity contribution in [1.29, 1.82) is 0 Å². The lowest BCUT2D eigenvalue weighted by Gasteiger charge is -2.20. The van der Waals surface area contributed by atoms with Crippen LogP contribution in [0.2, 0.25) is 0 Å². The third-order valence-corrected chi connectivity index (χ3v) is 18.0. The number of unbranched alkanes of at least 4 members (excludes halogenated alkanes) is 59. The zero-order valence-electron chi connectivity index (χ0n) is 56.5. The smallest absolute Gasteiger partial charge is 0.305 e. The fourth-order valence-electron chi connectivity index (χ4n) is 12.2. The van der Waals surface area contributed by atoms with E-state index in [4.69, 9.17) is 4.74 Å². The molecule has 0 bridgehead atoms. The van der Waals surface area contributed by atoms with Gasteiger partial charge in [0, 0.05) is 12.8 Å². The van der Waals surface area contributed by atoms with Gasteiger partial charge in [-0.2, -0.15) is 0 Å². The van der Waals surface area contributed by atoms with Crippen LogP contribution in [-0.2, 0) is 14.3 Å². The highest BCUT2D eigenvalue weighted by atomic mass is 16.5. The minimum absolute atomic E-state index is 0.0113. The van der Waals surface area contributed by atoms with Crippen molar-refractivity contribution in [1.82, 2.24) is 5.32 Å². The average molecular weight is 1170 g/mol. The molecule has 0 aliphatic heterocycles. The van der Waals surface area contributed by atoms with E-state index in [9.17, 15) is 19.8 Å². The molecule has 0 spiro atoms. The first kappa shape index (κ1) is 81.3. The highest BCUT2D eigenvalue weighted by molar-refractivity contribution is 5.76. The zero-order chi connectivity index (χ0) is 59.9. The summed E-state index contributed by atoms with van der Waals surface area (Å²) in [5, 5.41) is 23.3. The Hall–Kier alpha value is -1.66. The molecule has 0 saturated carbocycles. The summed E-state index contributed by atoms with van der Waals surface area (Å²) in [7, 11) is 0. The van der Waals surface area contributed by atoms with Gasteiger partial charge in [-0.15, -0.1) is 0 Å². The number of hydrogen-bond acceptors (Lipinski definition) is 5. The van der Waals surface area contributed by atoms with Crippen LogP contribution in [0.1, 0.15) is 431 Å². The fraction of sp³-hybridized carbons (Fsp3) is 0.922. The maximum absolute atomic E-state index is 12.5. The molecule has 0 saturated heterocycles. The molecule has 2 unspecified atom stereocenters. The molecular weight excluding hydrogens is 1020 g/mol. The second-order valence-corrected chi connectivity index (χ2v) is 26.3. The summed E-state index contributed by atoms with van der Waals surface area (Å²) in [6, 6.07) is -0.627. The van der Waals surface area contributed by atoms with Crippen molar-refractivity contribution in [2.75, 3.05) is 13.2 Å². The Morgan fingerprint density at radius 3 is 0.855 bits per heavy atom. The zero-order valence-corrected chi connectivity index (χ0v) is 56.5. The number of hydrogen-bond donors (Lipinski definition) is 3. The van der Waals surface area contributed by atoms with E-state index in [1.807, 2.05) is 6.08 Å². The van der Waals surface area contributed by atoms with Gasteiger partial charge in [0.25, 0.3) is 0 Å². The number of nitrogens with one attached hydrogen (secondary N) is 1. The summed E-state index contributed by atoms with van der Waals surface area (Å²) in [4.78, 5) is 24.6. The van der Waals surface area contributed by atoms with Crippen LogP contribution >= 0.6 is 0 Å². The third-order valence-electron chi connectivity index (χ3n) is 18.0. The first-order valence-electron chi connectivity index (χ1n) is 38.1. The van der Waals surface area contributed by atoms with Crippen LogP contribution in [0, 0.1) is 0 Å². The van der Waals surface area contributed by atoms with Gasteiger partial charge in [0.2, 0.25) is 5.91 Å². The average Bonchev–Trinajstić information content (AvgIpc) is 3.49. The van der Waals surface area contributed by atoms with Gasteiger partial charge in [-0.05, 0) is 57.8 Å². The summed E-state index contributed by atoms with van der Waals surface area (Å²) in [5.74, 6) is -0.0491. The Morgan fingerprint density at radius 1 is 0.325 bits per heavy atom. The van der Waals surface area contributed by atoms with Crippen molar-refractivity contribution in [2.24, 2.45) is 0 Å². The van der Waals surface area contributed by atoms with E-state index >= 15 is 0 Å². The van der Waals surface area contributed by atoms with Crippen LogP contribution in [-0.4, -0.2) is 47.4 Å². The maximum Gasteiger partial charge on any atom is 0.305 e. The van der Waals surface area contributed by atoms with E-state index in [1.165, 1.54) is 360 Å². The van der Waals surface area contributed by atoms with Crippen LogP contribution in [0.25, 0.3) is 0 Å². The number of rotatable bonds is 72. The lowest BCUT2D eigenvalue weighted by molar-refractivity contribution is -0.143. The molecule has 6 nitrogen and oxygen atoms in total. The van der Waals surface area contributed by atoms with Crippen LogP contribution in [0.15, 0.2) is 24.3 Å². The molecule has 6 heteroatoms. The van der Waals surface area contributed by atoms with Crippen molar-refractivity contribution in [2.45, 2.75) is 443 Å². The Bertz CT molecular complexity index is 1300. The molecule has 0 aromatic carbocycles. The lowest BCUT2D eigenvalue weighted by atomic mass is 10.0. The highest BCUT2D eigenvalue weighted by Gasteiger charge is 2.18. The quantitative estimate of drug-likeness (QED) is 0.0320. The second-order valence-electron chi connectivity index (χ2n) is 26.3. The largest absolute Gasteiger partial charge is 0.466 e. The number of carbonyl (C=O) groups excluding carboxylic acids is 2. The van der Waals surface area contributed by atoms with Crippen molar-refractivity contribution >= 4 is 11.9 Å². The first-order chi connectivity index (χ1) is 41.0. The van der Waals surface area contributed by atoms with Crippen molar-refractivity contribution in [3.63, 3.8) is 0 Å². The molecule has 83 heavy (non-hydrogen) atoms. The summed E-state index contributed by atoms with van der Waals surface area (Å²) >= 11 is 0. The Labute approximate surface area is 520 Å². The fourth-order valence-corrected chi connectivity index (χ4v) is 12.2. The van der Waals surface area contributed by atoms with E-state index in [0.717, 1.165) is 44.9 Å². The number of ether oxygens (including phenoxy) is 1. The number of aliphatic hydroxyl groups excluding tert-OH is 2. The van der Waals surface area contributed by atoms with E-state index in [2.05, 4.69) is 31.3 Å². The van der Waals surface area contributed by atoms with Gasteiger partial charge in [-0.3, -0.25) is 9.59 Å². The predicted molar refractivity (Wildman–Crippen MR) is 366 cm³/mol. The number of allylic oxidation sites excluding steroid dienone is 3. The molecule has 2 atom stereocenters. The number of aliphatic hydroxyl groups is 2. The molecule has 0 radical (unpaired) electrons. The summed E-state index contributed by atoms with van der Waals surface area (Å²) in [5.41, 5.74) is 0. The first-order valence-corrected chi connectivity index (χ1v) is 38.1. The maximum atomic E-state index is 12.5. The molecule has 0 aliphatic rings. The van der Waals surface area contributed by atoms with Gasteiger partial charge in [-0.25, -0.2) is 0 Å². The van der Waals surface area contributed by atoms with Gasteiger partial charge < -0.3 is 20.3 Å². The highest BCUT2D eigenvalue weighted by Crippen LogP contribution is 2.20. The van der Waals surface area contributed by atoms with Gasteiger partial charge in [0.05, 0.1) is 25.4 Å². The molecule has 0 aromatic rings. The predicted octanol–water partition coefficient (Wildman–Crippen LogP) is 24.9. The van der Waals surface area contributed by atoms with Crippen molar-refractivity contribution in [3.8, 4) is 0 Å². The summed E-state index contributed by atoms with van der Waals surface area (Å²) < 4.78 is 5.50. The van der Waals surface area contributed by atoms with E-state index in [1.54, 1.807) is 6.08 Å². The number of carbonyl (C=O) groups is 2. The standard InChI is InChI=1S/C77H149NO5/c1-3-5-7-9-11-13-15-17-19-21-22-23-29-32-35-38-41-45-49-53-57-61-65-69-75(80)74(73-79)78-76(81)70-66-62-58-54-50-46-42-39-36-33-30-27-25-24-26-28-31-34-37-40-44-48-52-56-60-64-68-72-83-77(82)71-67-63-59-55-51-47-43-20-18-16-14-12-10-8-6-4-2/h20,43,65,69,74-75,79-80H,3-19,21-42,44-64,66-68,70-73H2,1-2H3,(H,78,81)/b43-20-,69-65+. The van der Waals surface area contributed by atoms with E-state index in [-0.39, 0.29) is 18.5 Å². The molecule has 0 aromatic heterocycles. The van der Waals surface area contributed by atoms with E-state index in [0.29, 0.717) is 19.4 Å². The molecule has 3 N–H and O–H groups in total. The number of amides is 1. The normalized spacial score (nSPS) is 12.6. The van der Waals surface area contributed by atoms with Crippen LogP contribution in [0.3, 0.4) is 0 Å². The Morgan fingerprint density at radius 2 is 0.566 bits per heavy atom. The minimum Gasteiger partial charge on any atom is -0.466 e. The Balaban J connectivity index is 3.37. The summed E-state index contributed by atoms with van der Waals surface area (Å²) in [6.45, 7) is 4.95. The molecule has 492 valence electrons. The van der Waals surface area contributed by atoms with Gasteiger partial charge in [-0.1, -0.05) is 385 Å².